The molecule has 42 heavy (non-hydrogen) atoms. The van der Waals surface area contributed by atoms with Gasteiger partial charge in [0, 0.05) is 24.3 Å². The molecule has 1 aromatic heterocycles. The quantitative estimate of drug-likeness (QED) is 0.314. The van der Waals surface area contributed by atoms with Crippen LogP contribution in [0.25, 0.3) is 0 Å². The summed E-state index contributed by atoms with van der Waals surface area (Å²) in [5, 5.41) is 6.67. The summed E-state index contributed by atoms with van der Waals surface area (Å²) in [5.74, 6) is -0.246. The van der Waals surface area contributed by atoms with Crippen molar-refractivity contribution in [2.75, 3.05) is 43.5 Å². The fourth-order valence-corrected chi connectivity index (χ4v) is 6.67. The number of anilines is 3. The van der Waals surface area contributed by atoms with E-state index < -0.39 is 11.9 Å². The minimum absolute atomic E-state index is 0.0505. The van der Waals surface area contributed by atoms with Gasteiger partial charge in [0.2, 0.25) is 0 Å². The van der Waals surface area contributed by atoms with Gasteiger partial charge >= 0.3 is 5.97 Å². The SMILES string of the molecule is CCCC(CC)N1CCC(C)(c2ccc(Nc3nc(N4CCCC(NCC)C4C(=O)OC)cnc3C(N)=O)cc2)CC1. The number of ether oxygens (including phenoxy) is 1. The lowest BCUT2D eigenvalue weighted by Crippen LogP contribution is -2.58. The molecule has 1 aromatic carbocycles. The Hall–Kier alpha value is -3.24. The Kier molecular flexibility index (Phi) is 10.8. The normalized spacial score (nSPS) is 21.5. The molecule has 2 saturated heterocycles. The molecular weight excluding hydrogens is 530 g/mol. The molecular formula is C32H49N7O3. The molecule has 230 valence electrons. The Bertz CT molecular complexity index is 1200. The van der Waals surface area contributed by atoms with E-state index in [1.807, 2.05) is 24.0 Å². The predicted molar refractivity (Wildman–Crippen MR) is 167 cm³/mol. The second kappa shape index (κ2) is 14.3. The molecule has 2 aliphatic heterocycles. The van der Waals surface area contributed by atoms with Gasteiger partial charge in [-0.15, -0.1) is 0 Å². The summed E-state index contributed by atoms with van der Waals surface area (Å²) in [6.07, 6.45) is 9.20. The molecule has 2 aliphatic rings. The van der Waals surface area contributed by atoms with E-state index in [-0.39, 0.29) is 28.9 Å². The topological polar surface area (TPSA) is 126 Å². The maximum Gasteiger partial charge on any atom is 0.330 e. The van der Waals surface area contributed by atoms with E-state index in [0.29, 0.717) is 18.4 Å². The number of hydrogen-bond donors (Lipinski definition) is 3. The number of nitrogens with zero attached hydrogens (tertiary/aromatic N) is 4. The van der Waals surface area contributed by atoms with Crippen molar-refractivity contribution >= 4 is 29.2 Å². The number of methoxy groups -OCH3 is 1. The molecule has 0 aliphatic carbocycles. The largest absolute Gasteiger partial charge is 0.467 e. The Morgan fingerprint density at radius 1 is 1.14 bits per heavy atom. The third-order valence-electron chi connectivity index (χ3n) is 9.18. The number of carbonyl (C=O) groups excluding carboxylic acids is 2. The van der Waals surface area contributed by atoms with Crippen molar-refractivity contribution in [3.63, 3.8) is 0 Å². The molecule has 10 nitrogen and oxygen atoms in total. The summed E-state index contributed by atoms with van der Waals surface area (Å²) in [7, 11) is 1.40. The molecule has 3 heterocycles. The number of carbonyl (C=O) groups is 2. The van der Waals surface area contributed by atoms with E-state index in [1.54, 1.807) is 0 Å². The van der Waals surface area contributed by atoms with E-state index in [2.05, 4.69) is 53.4 Å². The minimum Gasteiger partial charge on any atom is -0.467 e. The van der Waals surface area contributed by atoms with E-state index in [1.165, 1.54) is 38.1 Å². The van der Waals surface area contributed by atoms with Crippen LogP contribution in [0.2, 0.25) is 0 Å². The fraction of sp³-hybridized carbons (Fsp3) is 0.625. The molecule has 2 aromatic rings. The second-order valence-electron chi connectivity index (χ2n) is 11.9. The number of nitrogens with two attached hydrogens (primary N) is 1. The van der Waals surface area contributed by atoms with Gasteiger partial charge in [-0.25, -0.2) is 14.8 Å². The van der Waals surface area contributed by atoms with Gasteiger partial charge in [-0.05, 0) is 81.3 Å². The van der Waals surface area contributed by atoms with Gasteiger partial charge in [0.25, 0.3) is 5.91 Å². The minimum atomic E-state index is -0.672. The standard InChI is InChI=1S/C32H49N7O3/c1-6-10-24(7-2)38-19-16-32(4,17-20-38)22-12-14-23(15-13-22)36-30-27(29(33)40)35-21-26(37-30)39-18-9-11-25(34-8-3)28(39)31(41)42-5/h12-15,21,24-25,28,34H,6-11,16-20H2,1-5H3,(H2,33,40)(H,36,37). The second-order valence-corrected chi connectivity index (χ2v) is 11.9. The zero-order chi connectivity index (χ0) is 30.3. The van der Waals surface area contributed by atoms with Gasteiger partial charge < -0.3 is 30.9 Å². The monoisotopic (exact) mass is 579 g/mol. The number of piperidine rings is 2. The number of nitrogens with one attached hydrogen (secondary N) is 2. The van der Waals surface area contributed by atoms with Crippen molar-refractivity contribution in [2.45, 2.75) is 96.2 Å². The first-order valence-corrected chi connectivity index (χ1v) is 15.6. The summed E-state index contributed by atoms with van der Waals surface area (Å²) in [4.78, 5) is 38.8. The van der Waals surface area contributed by atoms with Crippen molar-refractivity contribution < 1.29 is 14.3 Å². The van der Waals surface area contributed by atoms with E-state index in [0.717, 1.165) is 51.0 Å². The Morgan fingerprint density at radius 3 is 2.45 bits per heavy atom. The average molecular weight is 580 g/mol. The van der Waals surface area contributed by atoms with E-state index >= 15 is 0 Å². The highest BCUT2D eigenvalue weighted by Crippen LogP contribution is 2.37. The highest BCUT2D eigenvalue weighted by atomic mass is 16.5. The van der Waals surface area contributed by atoms with E-state index in [9.17, 15) is 9.59 Å². The lowest BCUT2D eigenvalue weighted by molar-refractivity contribution is -0.143. The van der Waals surface area contributed by atoms with Crippen molar-refractivity contribution in [3.05, 3.63) is 41.7 Å². The van der Waals surface area contributed by atoms with Crippen molar-refractivity contribution in [1.82, 2.24) is 20.2 Å². The Labute approximate surface area is 250 Å². The van der Waals surface area contributed by atoms with Crippen molar-refractivity contribution in [3.8, 4) is 0 Å². The summed E-state index contributed by atoms with van der Waals surface area (Å²) in [5.41, 5.74) is 7.95. The third kappa shape index (κ3) is 7.03. The Morgan fingerprint density at radius 2 is 1.86 bits per heavy atom. The lowest BCUT2D eigenvalue weighted by atomic mass is 9.74. The molecule has 0 saturated carbocycles. The first kappa shape index (κ1) is 31.7. The molecule has 0 bridgehead atoms. The number of amides is 1. The number of hydrogen-bond acceptors (Lipinski definition) is 9. The van der Waals surface area contributed by atoms with Crippen molar-refractivity contribution in [2.24, 2.45) is 5.73 Å². The number of benzene rings is 1. The lowest BCUT2D eigenvalue weighted by Gasteiger charge is -2.43. The van der Waals surface area contributed by atoms with Crippen LogP contribution in [0.15, 0.2) is 30.5 Å². The number of likely N-dealkylation sites (N-methyl/N-ethyl adjacent to an activating group) is 1. The van der Waals surface area contributed by atoms with Crippen LogP contribution < -0.4 is 21.3 Å². The van der Waals surface area contributed by atoms with Crippen molar-refractivity contribution in [1.29, 1.82) is 0 Å². The summed E-state index contributed by atoms with van der Waals surface area (Å²) in [6.45, 7) is 12.5. The Balaban J connectivity index is 1.53. The number of esters is 1. The highest BCUT2D eigenvalue weighted by Gasteiger charge is 2.39. The van der Waals surface area contributed by atoms with Crippen LogP contribution in [0.1, 0.15) is 88.7 Å². The molecule has 0 radical (unpaired) electrons. The van der Waals surface area contributed by atoms with Gasteiger partial charge in [-0.3, -0.25) is 4.79 Å². The molecule has 4 rings (SSSR count). The number of likely N-dealkylation sites (tertiary alicyclic amines) is 1. The molecule has 1 amide bonds. The van der Waals surface area contributed by atoms with Crippen LogP contribution in [0, 0.1) is 0 Å². The summed E-state index contributed by atoms with van der Waals surface area (Å²) < 4.78 is 5.15. The molecule has 3 unspecified atom stereocenters. The zero-order valence-electron chi connectivity index (χ0n) is 26.0. The molecule has 2 fully saturated rings. The van der Waals surface area contributed by atoms with Crippen LogP contribution >= 0.6 is 0 Å². The smallest absolute Gasteiger partial charge is 0.330 e. The molecule has 10 heteroatoms. The number of rotatable bonds is 12. The fourth-order valence-electron chi connectivity index (χ4n) is 6.67. The van der Waals surface area contributed by atoms with Crippen LogP contribution in [0.5, 0.6) is 0 Å². The average Bonchev–Trinajstić information content (AvgIpc) is 3.00. The van der Waals surface area contributed by atoms with Crippen LogP contribution in [-0.2, 0) is 14.9 Å². The van der Waals surface area contributed by atoms with Gasteiger partial charge in [-0.2, -0.15) is 0 Å². The maximum atomic E-state index is 12.8. The van der Waals surface area contributed by atoms with Crippen LogP contribution in [-0.4, -0.2) is 78.2 Å². The van der Waals surface area contributed by atoms with Gasteiger partial charge in [0.15, 0.2) is 11.5 Å². The van der Waals surface area contributed by atoms with Crippen LogP contribution in [0.4, 0.5) is 17.3 Å². The number of primary amides is 1. The molecule has 4 N–H and O–H groups in total. The van der Waals surface area contributed by atoms with Crippen LogP contribution in [0.3, 0.4) is 0 Å². The molecule has 0 spiro atoms. The van der Waals surface area contributed by atoms with E-state index in [4.69, 9.17) is 15.5 Å². The molecule has 3 atom stereocenters. The predicted octanol–water partition coefficient (Wildman–Crippen LogP) is 4.37. The first-order chi connectivity index (χ1) is 20.2. The number of aromatic nitrogens is 2. The van der Waals surface area contributed by atoms with Gasteiger partial charge in [0.1, 0.15) is 11.9 Å². The summed E-state index contributed by atoms with van der Waals surface area (Å²) in [6, 6.07) is 8.44. The maximum absolute atomic E-state index is 12.8. The van der Waals surface area contributed by atoms with Gasteiger partial charge in [-0.1, -0.05) is 46.2 Å². The van der Waals surface area contributed by atoms with Gasteiger partial charge in [0.05, 0.1) is 13.3 Å². The summed E-state index contributed by atoms with van der Waals surface area (Å²) >= 11 is 0. The first-order valence-electron chi connectivity index (χ1n) is 15.6. The third-order valence-corrected chi connectivity index (χ3v) is 9.18. The highest BCUT2D eigenvalue weighted by molar-refractivity contribution is 5.96. The zero-order valence-corrected chi connectivity index (χ0v) is 26.0.